The number of amides is 3. The number of fused-ring (bicyclic) bond motifs is 1. The minimum Gasteiger partial charge on any atom is -0.338 e. The van der Waals surface area contributed by atoms with Crippen molar-refractivity contribution < 1.29 is 9.59 Å². The number of benzene rings is 1. The van der Waals surface area contributed by atoms with Crippen molar-refractivity contribution in [1.29, 1.82) is 0 Å². The molecule has 5 N–H and O–H groups in total. The van der Waals surface area contributed by atoms with Gasteiger partial charge >= 0.3 is 11.7 Å². The van der Waals surface area contributed by atoms with Crippen LogP contribution in [0.2, 0.25) is 0 Å². The zero-order chi connectivity index (χ0) is 28.4. The Kier molecular flexibility index (Phi) is 8.25. The highest BCUT2D eigenvalue weighted by Crippen LogP contribution is 2.36. The molecular formula is C29H42N8O3. The van der Waals surface area contributed by atoms with Crippen LogP contribution in [0.3, 0.4) is 0 Å². The quantitative estimate of drug-likeness (QED) is 0.513. The highest BCUT2D eigenvalue weighted by molar-refractivity contribution is 5.89. The molecule has 0 spiro atoms. The number of nitrogens with one attached hydrogen (secondary N) is 1. The van der Waals surface area contributed by atoms with Gasteiger partial charge in [-0.3, -0.25) is 19.6 Å². The first-order chi connectivity index (χ1) is 19.1. The lowest BCUT2D eigenvalue weighted by atomic mass is 9.73. The van der Waals surface area contributed by atoms with Crippen LogP contribution in [0.1, 0.15) is 45.1 Å². The van der Waals surface area contributed by atoms with Gasteiger partial charge in [0.05, 0.1) is 11.2 Å². The van der Waals surface area contributed by atoms with Crippen LogP contribution in [0.25, 0.3) is 5.69 Å². The number of carbonyl (C=O) groups excluding carboxylic acids is 2. The number of urea groups is 1. The Labute approximate surface area is 235 Å². The zero-order valence-electron chi connectivity index (χ0n) is 23.6. The number of piperazine rings is 1. The minimum atomic E-state index is -0.944. The van der Waals surface area contributed by atoms with Gasteiger partial charge in [-0.15, -0.1) is 0 Å². The van der Waals surface area contributed by atoms with E-state index in [1.807, 2.05) is 12.1 Å². The Bertz CT molecular complexity index is 1260. The molecule has 3 fully saturated rings. The number of nitrogens with zero attached hydrogens (tertiary/aromatic N) is 5. The van der Waals surface area contributed by atoms with Crippen LogP contribution < -0.4 is 22.5 Å². The maximum Gasteiger partial charge on any atom is 0.354 e. The average molecular weight is 551 g/mol. The molecule has 3 aliphatic rings. The summed E-state index contributed by atoms with van der Waals surface area (Å²) in [5, 5.41) is 2.70. The van der Waals surface area contributed by atoms with Gasteiger partial charge in [0, 0.05) is 51.5 Å². The van der Waals surface area contributed by atoms with Crippen LogP contribution in [-0.4, -0.2) is 87.0 Å². The van der Waals surface area contributed by atoms with Crippen molar-refractivity contribution in [2.75, 3.05) is 44.6 Å². The second kappa shape index (κ2) is 11.7. The Hall–Kier alpha value is -3.28. The fraction of sp³-hybridized carbons (Fsp3) is 0.586. The van der Waals surface area contributed by atoms with E-state index in [0.717, 1.165) is 43.6 Å². The summed E-state index contributed by atoms with van der Waals surface area (Å²) < 4.78 is 1.47. The number of aromatic nitrogens is 2. The van der Waals surface area contributed by atoms with Crippen LogP contribution in [0.4, 0.5) is 10.6 Å². The fourth-order valence-corrected chi connectivity index (χ4v) is 6.27. The molecule has 40 heavy (non-hydrogen) atoms. The van der Waals surface area contributed by atoms with Crippen molar-refractivity contribution in [1.82, 2.24) is 24.3 Å². The van der Waals surface area contributed by atoms with Gasteiger partial charge in [-0.25, -0.2) is 9.59 Å². The molecule has 2 saturated heterocycles. The number of rotatable bonds is 5. The van der Waals surface area contributed by atoms with Crippen molar-refractivity contribution in [3.63, 3.8) is 0 Å². The van der Waals surface area contributed by atoms with Crippen molar-refractivity contribution in [3.8, 4) is 5.69 Å². The van der Waals surface area contributed by atoms with Crippen molar-refractivity contribution >= 4 is 17.8 Å². The van der Waals surface area contributed by atoms with Gasteiger partial charge < -0.3 is 21.3 Å². The smallest absolute Gasteiger partial charge is 0.338 e. The van der Waals surface area contributed by atoms with E-state index in [4.69, 9.17) is 11.5 Å². The summed E-state index contributed by atoms with van der Waals surface area (Å²) in [5.74, 6) is 1.59. The lowest BCUT2D eigenvalue weighted by molar-refractivity contribution is -0.137. The van der Waals surface area contributed by atoms with E-state index < -0.39 is 11.2 Å². The first-order valence-electron chi connectivity index (χ1n) is 14.4. The molecule has 11 heteroatoms. The lowest BCUT2D eigenvalue weighted by Gasteiger charge is -2.43. The minimum absolute atomic E-state index is 0.138. The molecular weight excluding hydrogens is 508 g/mol. The molecule has 3 unspecified atom stereocenters. The van der Waals surface area contributed by atoms with Crippen molar-refractivity contribution in [3.05, 3.63) is 52.6 Å². The van der Waals surface area contributed by atoms with E-state index in [2.05, 4.69) is 27.3 Å². The number of likely N-dealkylation sites (tertiary alicyclic amines) is 1. The average Bonchev–Trinajstić information content (AvgIpc) is 2.93. The predicted molar refractivity (Wildman–Crippen MR) is 154 cm³/mol. The number of hydrogen-bond acceptors (Lipinski definition) is 7. The van der Waals surface area contributed by atoms with Gasteiger partial charge in [-0.2, -0.15) is 4.98 Å². The fourth-order valence-electron chi connectivity index (χ4n) is 6.27. The molecule has 3 heterocycles. The highest BCUT2D eigenvalue weighted by atomic mass is 16.2. The highest BCUT2D eigenvalue weighted by Gasteiger charge is 2.34. The SMILES string of the molecule is CC(C)(N)C(=O)N1CCN(C(=O)Nc2ccn(-c3ccc(CN4CCC5CC(N)CCC5C4)cc3)c(=O)n2)CC1. The summed E-state index contributed by atoms with van der Waals surface area (Å²) in [6.45, 7) is 8.06. The maximum atomic E-state index is 12.8. The van der Waals surface area contributed by atoms with E-state index in [0.29, 0.717) is 32.2 Å². The largest absolute Gasteiger partial charge is 0.354 e. The van der Waals surface area contributed by atoms with Crippen LogP contribution in [0.5, 0.6) is 0 Å². The number of hydrogen-bond donors (Lipinski definition) is 3. The van der Waals surface area contributed by atoms with E-state index in [9.17, 15) is 14.4 Å². The molecule has 0 bridgehead atoms. The summed E-state index contributed by atoms with van der Waals surface area (Å²) in [5.41, 5.74) is 12.6. The molecule has 216 valence electrons. The molecule has 3 amide bonds. The number of carbonyl (C=O) groups is 2. The first-order valence-corrected chi connectivity index (χ1v) is 14.4. The topological polar surface area (TPSA) is 143 Å². The normalized spacial score (nSPS) is 23.9. The van der Waals surface area contributed by atoms with E-state index >= 15 is 0 Å². The number of piperidine rings is 1. The second-order valence-electron chi connectivity index (χ2n) is 12.2. The molecule has 1 saturated carbocycles. The first kappa shape index (κ1) is 28.3. The lowest BCUT2D eigenvalue weighted by Crippen LogP contribution is -2.58. The Morgan fingerprint density at radius 2 is 1.68 bits per heavy atom. The van der Waals surface area contributed by atoms with Gasteiger partial charge in [0.15, 0.2) is 0 Å². The maximum absolute atomic E-state index is 12.8. The molecule has 11 nitrogen and oxygen atoms in total. The van der Waals surface area contributed by atoms with Crippen LogP contribution in [0, 0.1) is 11.8 Å². The van der Waals surface area contributed by atoms with E-state index in [1.165, 1.54) is 29.4 Å². The van der Waals surface area contributed by atoms with Crippen LogP contribution >= 0.6 is 0 Å². The number of nitrogens with two attached hydrogens (primary N) is 2. The summed E-state index contributed by atoms with van der Waals surface area (Å²) in [6, 6.07) is 9.65. The Morgan fingerprint density at radius 3 is 2.35 bits per heavy atom. The summed E-state index contributed by atoms with van der Waals surface area (Å²) >= 11 is 0. The van der Waals surface area contributed by atoms with Gasteiger partial charge in [0.2, 0.25) is 5.91 Å². The summed E-state index contributed by atoms with van der Waals surface area (Å²) in [4.78, 5) is 47.8. The molecule has 2 aromatic rings. The van der Waals surface area contributed by atoms with Gasteiger partial charge in [0.1, 0.15) is 5.82 Å². The summed E-state index contributed by atoms with van der Waals surface area (Å²) in [7, 11) is 0. The van der Waals surface area contributed by atoms with E-state index in [-0.39, 0.29) is 17.8 Å². The number of anilines is 1. The second-order valence-corrected chi connectivity index (χ2v) is 12.2. The van der Waals surface area contributed by atoms with Crippen molar-refractivity contribution in [2.24, 2.45) is 23.3 Å². The Balaban J connectivity index is 1.14. The standard InChI is InChI=1S/C29H42N8O3/c1-29(2,31)26(38)35-13-15-36(16-14-35)27(39)32-25-10-12-37(28(40)33-25)24-7-3-20(4-8-24)18-34-11-9-21-17-23(30)6-5-22(21)19-34/h3-4,7-8,10,12,21-23H,5-6,9,11,13-19,30-31H2,1-2H3,(H,32,33,39,40). The van der Waals surface area contributed by atoms with E-state index in [1.54, 1.807) is 35.9 Å². The molecule has 2 aliphatic heterocycles. The third-order valence-electron chi connectivity index (χ3n) is 8.55. The third kappa shape index (κ3) is 6.54. The Morgan fingerprint density at radius 1 is 0.975 bits per heavy atom. The molecule has 1 aliphatic carbocycles. The molecule has 0 radical (unpaired) electrons. The molecule has 3 atom stereocenters. The van der Waals surface area contributed by atoms with Gasteiger partial charge in [0.25, 0.3) is 0 Å². The van der Waals surface area contributed by atoms with Crippen molar-refractivity contribution in [2.45, 2.75) is 57.7 Å². The van der Waals surface area contributed by atoms with Crippen LogP contribution in [0.15, 0.2) is 41.3 Å². The molecule has 1 aromatic heterocycles. The molecule has 1 aromatic carbocycles. The van der Waals surface area contributed by atoms with Gasteiger partial charge in [-0.05, 0) is 81.7 Å². The third-order valence-corrected chi connectivity index (χ3v) is 8.55. The molecule has 5 rings (SSSR count). The monoisotopic (exact) mass is 550 g/mol. The zero-order valence-corrected chi connectivity index (χ0v) is 23.6. The predicted octanol–water partition coefficient (Wildman–Crippen LogP) is 1.60. The van der Waals surface area contributed by atoms with Crippen LogP contribution in [-0.2, 0) is 11.3 Å². The summed E-state index contributed by atoms with van der Waals surface area (Å²) in [6.07, 6.45) is 6.40. The van der Waals surface area contributed by atoms with Gasteiger partial charge in [-0.1, -0.05) is 12.1 Å².